The van der Waals surface area contributed by atoms with Crippen molar-refractivity contribution in [2.45, 2.75) is 13.0 Å². The average Bonchev–Trinajstić information content (AvgIpc) is 2.49. The van der Waals surface area contributed by atoms with Crippen LogP contribution in [0.2, 0.25) is 0 Å². The molecule has 1 aromatic carbocycles. The molecule has 2 amide bonds. The van der Waals surface area contributed by atoms with Gasteiger partial charge in [-0.25, -0.2) is 15.2 Å². The van der Waals surface area contributed by atoms with Crippen LogP contribution in [0.5, 0.6) is 0 Å². The Labute approximate surface area is 122 Å². The minimum absolute atomic E-state index is 0.117. The van der Waals surface area contributed by atoms with E-state index in [1.165, 1.54) is 0 Å². The summed E-state index contributed by atoms with van der Waals surface area (Å²) in [5, 5.41) is 10.1. The fourth-order valence-corrected chi connectivity index (χ4v) is 2.13. The SMILES string of the molecule is CC1NC(=O)NN=C1c1ccc(Nc2ccccn2)cc1. The summed E-state index contributed by atoms with van der Waals surface area (Å²) in [4.78, 5) is 15.4. The van der Waals surface area contributed by atoms with Crippen molar-refractivity contribution in [1.82, 2.24) is 15.7 Å². The summed E-state index contributed by atoms with van der Waals surface area (Å²) < 4.78 is 0. The molecule has 3 rings (SSSR count). The molecule has 0 bridgehead atoms. The molecule has 2 aromatic rings. The Morgan fingerprint density at radius 3 is 2.62 bits per heavy atom. The molecule has 21 heavy (non-hydrogen) atoms. The third kappa shape index (κ3) is 3.00. The van der Waals surface area contributed by atoms with E-state index in [1.807, 2.05) is 49.4 Å². The van der Waals surface area contributed by atoms with Crippen molar-refractivity contribution in [1.29, 1.82) is 0 Å². The summed E-state index contributed by atoms with van der Waals surface area (Å²) in [5.41, 5.74) is 5.14. The number of nitrogens with one attached hydrogen (secondary N) is 3. The van der Waals surface area contributed by atoms with Gasteiger partial charge in [-0.05, 0) is 31.2 Å². The van der Waals surface area contributed by atoms with Gasteiger partial charge >= 0.3 is 6.03 Å². The van der Waals surface area contributed by atoms with E-state index in [9.17, 15) is 4.79 Å². The van der Waals surface area contributed by atoms with Crippen LogP contribution < -0.4 is 16.1 Å². The molecule has 106 valence electrons. The molecule has 0 saturated carbocycles. The monoisotopic (exact) mass is 281 g/mol. The lowest BCUT2D eigenvalue weighted by Gasteiger charge is -2.21. The number of nitrogens with zero attached hydrogens (tertiary/aromatic N) is 2. The zero-order valence-electron chi connectivity index (χ0n) is 11.5. The standard InChI is InChI=1S/C15H15N5O/c1-10-14(19-20-15(21)17-10)11-5-7-12(8-6-11)18-13-4-2-3-9-16-13/h2-10H,1H3,(H,16,18)(H2,17,20,21). The Morgan fingerprint density at radius 2 is 1.95 bits per heavy atom. The number of pyridine rings is 1. The fraction of sp³-hybridized carbons (Fsp3) is 0.133. The van der Waals surface area contributed by atoms with Crippen LogP contribution in [0, 0.1) is 0 Å². The first-order valence-electron chi connectivity index (χ1n) is 6.65. The Kier molecular flexibility index (Phi) is 3.51. The molecule has 1 aliphatic heterocycles. The normalized spacial score (nSPS) is 17.5. The highest BCUT2D eigenvalue weighted by Gasteiger charge is 2.19. The van der Waals surface area contributed by atoms with Crippen molar-refractivity contribution in [3.63, 3.8) is 0 Å². The van der Waals surface area contributed by atoms with Gasteiger partial charge in [-0.1, -0.05) is 18.2 Å². The Hall–Kier alpha value is -2.89. The number of urea groups is 1. The number of benzene rings is 1. The summed E-state index contributed by atoms with van der Waals surface area (Å²) in [6.07, 6.45) is 1.74. The topological polar surface area (TPSA) is 78.4 Å². The number of aromatic nitrogens is 1. The minimum atomic E-state index is -0.278. The molecular weight excluding hydrogens is 266 g/mol. The molecule has 0 aliphatic carbocycles. The van der Waals surface area contributed by atoms with Crippen LogP contribution >= 0.6 is 0 Å². The van der Waals surface area contributed by atoms with Gasteiger partial charge in [0.25, 0.3) is 0 Å². The zero-order chi connectivity index (χ0) is 14.7. The summed E-state index contributed by atoms with van der Waals surface area (Å²) in [6.45, 7) is 1.90. The van der Waals surface area contributed by atoms with Crippen molar-refractivity contribution in [2.24, 2.45) is 5.10 Å². The molecule has 0 spiro atoms. The average molecular weight is 281 g/mol. The number of carbonyl (C=O) groups excluding carboxylic acids is 1. The van der Waals surface area contributed by atoms with Crippen molar-refractivity contribution in [3.8, 4) is 0 Å². The number of carbonyl (C=O) groups is 1. The van der Waals surface area contributed by atoms with Crippen LogP contribution in [0.3, 0.4) is 0 Å². The molecule has 1 aromatic heterocycles. The summed E-state index contributed by atoms with van der Waals surface area (Å²) in [6, 6.07) is 13.1. The van der Waals surface area contributed by atoms with E-state index in [2.05, 4.69) is 26.1 Å². The summed E-state index contributed by atoms with van der Waals surface area (Å²) >= 11 is 0. The van der Waals surface area contributed by atoms with Crippen LogP contribution in [0.15, 0.2) is 53.8 Å². The number of anilines is 2. The van der Waals surface area contributed by atoms with Crippen molar-refractivity contribution < 1.29 is 4.79 Å². The lowest BCUT2D eigenvalue weighted by molar-refractivity contribution is 0.239. The molecule has 1 unspecified atom stereocenters. The van der Waals surface area contributed by atoms with Gasteiger partial charge in [0.15, 0.2) is 0 Å². The molecule has 0 saturated heterocycles. The maximum absolute atomic E-state index is 11.2. The maximum atomic E-state index is 11.2. The molecular formula is C15H15N5O. The number of hydrazone groups is 1. The van der Waals surface area contributed by atoms with Gasteiger partial charge < -0.3 is 10.6 Å². The third-order valence-electron chi connectivity index (χ3n) is 3.15. The Morgan fingerprint density at radius 1 is 1.14 bits per heavy atom. The lowest BCUT2D eigenvalue weighted by Crippen LogP contribution is -2.48. The van der Waals surface area contributed by atoms with Crippen LogP contribution in [0.1, 0.15) is 12.5 Å². The second kappa shape index (κ2) is 5.62. The van der Waals surface area contributed by atoms with Gasteiger partial charge in [0.2, 0.25) is 0 Å². The van der Waals surface area contributed by atoms with E-state index in [-0.39, 0.29) is 12.1 Å². The number of amides is 2. The van der Waals surface area contributed by atoms with E-state index >= 15 is 0 Å². The molecule has 6 nitrogen and oxygen atoms in total. The van der Waals surface area contributed by atoms with Crippen LogP contribution in [-0.2, 0) is 0 Å². The molecule has 2 heterocycles. The van der Waals surface area contributed by atoms with Crippen molar-refractivity contribution in [2.75, 3.05) is 5.32 Å². The van der Waals surface area contributed by atoms with E-state index in [0.717, 1.165) is 22.8 Å². The molecule has 3 N–H and O–H groups in total. The Bertz CT molecular complexity index is 666. The minimum Gasteiger partial charge on any atom is -0.340 e. The summed E-state index contributed by atoms with van der Waals surface area (Å²) in [7, 11) is 0. The van der Waals surface area contributed by atoms with Crippen LogP contribution in [-0.4, -0.2) is 22.8 Å². The van der Waals surface area contributed by atoms with E-state index in [1.54, 1.807) is 6.20 Å². The van der Waals surface area contributed by atoms with E-state index in [0.29, 0.717) is 0 Å². The number of hydrogen-bond acceptors (Lipinski definition) is 4. The van der Waals surface area contributed by atoms with E-state index in [4.69, 9.17) is 0 Å². The predicted molar refractivity (Wildman–Crippen MR) is 81.6 cm³/mol. The Balaban J connectivity index is 1.77. The lowest BCUT2D eigenvalue weighted by atomic mass is 10.0. The van der Waals surface area contributed by atoms with Gasteiger partial charge in [0.1, 0.15) is 5.82 Å². The second-order valence-corrected chi connectivity index (χ2v) is 4.72. The first kappa shape index (κ1) is 13.1. The van der Waals surface area contributed by atoms with Gasteiger partial charge in [-0.15, -0.1) is 0 Å². The van der Waals surface area contributed by atoms with E-state index < -0.39 is 0 Å². The van der Waals surface area contributed by atoms with Gasteiger partial charge in [-0.3, -0.25) is 0 Å². The van der Waals surface area contributed by atoms with Gasteiger partial charge in [0, 0.05) is 17.4 Å². The molecule has 1 aliphatic rings. The quantitative estimate of drug-likeness (QED) is 0.807. The largest absolute Gasteiger partial charge is 0.340 e. The predicted octanol–water partition coefficient (Wildman–Crippen LogP) is 2.23. The first-order chi connectivity index (χ1) is 10.2. The van der Waals surface area contributed by atoms with Crippen LogP contribution in [0.25, 0.3) is 0 Å². The molecule has 6 heteroatoms. The number of rotatable bonds is 3. The smallest absolute Gasteiger partial charge is 0.335 e. The highest BCUT2D eigenvalue weighted by molar-refractivity contribution is 6.07. The molecule has 0 radical (unpaired) electrons. The van der Waals surface area contributed by atoms with Crippen molar-refractivity contribution in [3.05, 3.63) is 54.2 Å². The highest BCUT2D eigenvalue weighted by Crippen LogP contribution is 2.16. The van der Waals surface area contributed by atoms with Gasteiger partial charge in [0.05, 0.1) is 11.8 Å². The van der Waals surface area contributed by atoms with Crippen molar-refractivity contribution >= 4 is 23.2 Å². The summed E-state index contributed by atoms with van der Waals surface area (Å²) in [5.74, 6) is 0.794. The first-order valence-corrected chi connectivity index (χ1v) is 6.65. The maximum Gasteiger partial charge on any atom is 0.335 e. The fourth-order valence-electron chi connectivity index (χ4n) is 2.13. The van der Waals surface area contributed by atoms with Gasteiger partial charge in [-0.2, -0.15) is 5.10 Å². The molecule has 1 atom stereocenters. The molecule has 0 fully saturated rings. The van der Waals surface area contributed by atoms with Crippen LogP contribution in [0.4, 0.5) is 16.3 Å². The zero-order valence-corrected chi connectivity index (χ0v) is 11.5. The highest BCUT2D eigenvalue weighted by atomic mass is 16.2. The second-order valence-electron chi connectivity index (χ2n) is 4.72. The third-order valence-corrected chi connectivity index (χ3v) is 3.15. The number of hydrogen-bond donors (Lipinski definition) is 3.